The molecule has 4 rings (SSSR count). The molecule has 1 fully saturated rings. The van der Waals surface area contributed by atoms with Crippen LogP contribution in [0.15, 0.2) is 30.3 Å². The van der Waals surface area contributed by atoms with Crippen LogP contribution in [0.5, 0.6) is 0 Å². The highest BCUT2D eigenvalue weighted by Crippen LogP contribution is 2.24. The second kappa shape index (κ2) is 8.76. The van der Waals surface area contributed by atoms with Crippen molar-refractivity contribution in [2.75, 3.05) is 6.54 Å². The van der Waals surface area contributed by atoms with E-state index in [0.29, 0.717) is 23.5 Å². The van der Waals surface area contributed by atoms with Gasteiger partial charge in [-0.3, -0.25) is 4.79 Å². The van der Waals surface area contributed by atoms with Gasteiger partial charge in [0.05, 0.1) is 5.69 Å². The van der Waals surface area contributed by atoms with Gasteiger partial charge in [0.15, 0.2) is 5.65 Å². The van der Waals surface area contributed by atoms with Gasteiger partial charge in [-0.25, -0.2) is 13.9 Å². The molecule has 0 bridgehead atoms. The maximum absolute atomic E-state index is 14.6. The summed E-state index contributed by atoms with van der Waals surface area (Å²) in [5, 5.41) is 23.0. The van der Waals surface area contributed by atoms with Crippen LogP contribution in [0.4, 0.5) is 4.39 Å². The van der Waals surface area contributed by atoms with E-state index in [4.69, 9.17) is 0 Å². The SMILES string of the molecule is CCc1cc(C(=O)N2CCCCCC2C)nc2cc(-c3ccc(B(O)O)cc3F)nn12. The third-order valence-electron chi connectivity index (χ3n) is 5.96. The molecule has 3 aromatic rings. The predicted octanol–water partition coefficient (Wildman–Crippen LogP) is 2.18. The van der Waals surface area contributed by atoms with Crippen LogP contribution in [0.25, 0.3) is 16.9 Å². The van der Waals surface area contributed by atoms with E-state index in [0.717, 1.165) is 44.0 Å². The molecule has 1 atom stereocenters. The second-order valence-corrected chi connectivity index (χ2v) is 8.10. The van der Waals surface area contributed by atoms with Gasteiger partial charge in [0.1, 0.15) is 11.5 Å². The summed E-state index contributed by atoms with van der Waals surface area (Å²) >= 11 is 0. The number of aromatic nitrogens is 3. The Kier molecular flexibility index (Phi) is 6.07. The quantitative estimate of drug-likeness (QED) is 0.627. The minimum absolute atomic E-state index is 0.0665. The lowest BCUT2D eigenvalue weighted by Crippen LogP contribution is -2.38. The van der Waals surface area contributed by atoms with Crippen molar-refractivity contribution in [3.63, 3.8) is 0 Å². The fourth-order valence-electron chi connectivity index (χ4n) is 4.15. The average molecular weight is 424 g/mol. The summed E-state index contributed by atoms with van der Waals surface area (Å²) in [4.78, 5) is 19.7. The van der Waals surface area contributed by atoms with Crippen molar-refractivity contribution in [1.29, 1.82) is 0 Å². The Bertz CT molecular complexity index is 1120. The van der Waals surface area contributed by atoms with Gasteiger partial charge < -0.3 is 14.9 Å². The van der Waals surface area contributed by atoms with Gasteiger partial charge in [0, 0.05) is 29.9 Å². The summed E-state index contributed by atoms with van der Waals surface area (Å²) in [6.07, 6.45) is 4.87. The van der Waals surface area contributed by atoms with Gasteiger partial charge >= 0.3 is 7.12 Å². The molecule has 31 heavy (non-hydrogen) atoms. The number of carbonyl (C=O) groups is 1. The molecule has 1 aliphatic heterocycles. The van der Waals surface area contributed by atoms with Crippen LogP contribution >= 0.6 is 0 Å². The monoisotopic (exact) mass is 424 g/mol. The van der Waals surface area contributed by atoms with Crippen molar-refractivity contribution >= 4 is 24.1 Å². The van der Waals surface area contributed by atoms with E-state index in [9.17, 15) is 19.2 Å². The van der Waals surface area contributed by atoms with Crippen molar-refractivity contribution in [3.05, 3.63) is 47.5 Å². The van der Waals surface area contributed by atoms with E-state index in [2.05, 4.69) is 17.0 Å². The molecule has 2 N–H and O–H groups in total. The van der Waals surface area contributed by atoms with E-state index in [-0.39, 0.29) is 23.0 Å². The zero-order valence-electron chi connectivity index (χ0n) is 17.8. The van der Waals surface area contributed by atoms with Crippen LogP contribution in [0.2, 0.25) is 0 Å². The number of amides is 1. The maximum atomic E-state index is 14.6. The number of halogens is 1. The highest BCUT2D eigenvalue weighted by molar-refractivity contribution is 6.58. The molecule has 0 saturated carbocycles. The molecule has 162 valence electrons. The first-order valence-corrected chi connectivity index (χ1v) is 10.8. The lowest BCUT2D eigenvalue weighted by molar-refractivity contribution is 0.0692. The van der Waals surface area contributed by atoms with E-state index >= 15 is 0 Å². The normalized spacial score (nSPS) is 17.1. The number of likely N-dealkylation sites (tertiary alicyclic amines) is 1. The molecule has 3 heterocycles. The topological polar surface area (TPSA) is 91.0 Å². The number of hydrogen-bond acceptors (Lipinski definition) is 5. The lowest BCUT2D eigenvalue weighted by Gasteiger charge is -2.27. The Morgan fingerprint density at radius 2 is 2.03 bits per heavy atom. The number of hydrogen-bond donors (Lipinski definition) is 2. The number of aryl methyl sites for hydroxylation is 1. The number of benzene rings is 1. The zero-order chi connectivity index (χ0) is 22.1. The molecule has 0 aliphatic carbocycles. The molecule has 0 radical (unpaired) electrons. The molecule has 1 amide bonds. The molecule has 2 aromatic heterocycles. The van der Waals surface area contributed by atoms with Gasteiger partial charge in [-0.2, -0.15) is 5.10 Å². The van der Waals surface area contributed by atoms with Gasteiger partial charge in [-0.15, -0.1) is 0 Å². The van der Waals surface area contributed by atoms with Gasteiger partial charge in [0.2, 0.25) is 0 Å². The first-order chi connectivity index (χ1) is 14.9. The minimum atomic E-state index is -1.74. The Balaban J connectivity index is 1.74. The Morgan fingerprint density at radius 3 is 2.74 bits per heavy atom. The molecular weight excluding hydrogens is 398 g/mol. The lowest BCUT2D eigenvalue weighted by atomic mass is 9.80. The summed E-state index contributed by atoms with van der Waals surface area (Å²) in [6.45, 7) is 4.78. The largest absolute Gasteiger partial charge is 0.488 e. The molecule has 1 saturated heterocycles. The second-order valence-electron chi connectivity index (χ2n) is 8.10. The highest BCUT2D eigenvalue weighted by Gasteiger charge is 2.25. The van der Waals surface area contributed by atoms with E-state index in [1.54, 1.807) is 16.6 Å². The van der Waals surface area contributed by atoms with E-state index < -0.39 is 12.9 Å². The van der Waals surface area contributed by atoms with Crippen LogP contribution in [-0.4, -0.2) is 55.2 Å². The van der Waals surface area contributed by atoms with Crippen LogP contribution in [0.3, 0.4) is 0 Å². The summed E-state index contributed by atoms with van der Waals surface area (Å²) in [7, 11) is -1.74. The smallest absolute Gasteiger partial charge is 0.423 e. The number of carbonyl (C=O) groups excluding carboxylic acids is 1. The van der Waals surface area contributed by atoms with Crippen molar-refractivity contribution in [3.8, 4) is 11.3 Å². The average Bonchev–Trinajstić information content (AvgIpc) is 3.06. The van der Waals surface area contributed by atoms with Gasteiger partial charge in [-0.1, -0.05) is 31.9 Å². The molecule has 1 aromatic carbocycles. The molecule has 9 heteroatoms. The van der Waals surface area contributed by atoms with Crippen LogP contribution in [0, 0.1) is 5.82 Å². The van der Waals surface area contributed by atoms with E-state index in [1.165, 1.54) is 12.1 Å². The first-order valence-electron chi connectivity index (χ1n) is 10.8. The predicted molar refractivity (Wildman–Crippen MR) is 117 cm³/mol. The van der Waals surface area contributed by atoms with Crippen LogP contribution in [-0.2, 0) is 6.42 Å². The Morgan fingerprint density at radius 1 is 1.23 bits per heavy atom. The summed E-state index contributed by atoms with van der Waals surface area (Å²) in [5.41, 5.74) is 2.33. The number of rotatable bonds is 4. The zero-order valence-corrected chi connectivity index (χ0v) is 17.8. The van der Waals surface area contributed by atoms with Crippen molar-refractivity contribution in [1.82, 2.24) is 19.5 Å². The molecule has 1 unspecified atom stereocenters. The molecule has 1 aliphatic rings. The standard InChI is InChI=1S/C22H26BFN4O3/c1-3-16-12-20(22(29)27-10-6-4-5-7-14(27)2)25-21-13-19(26-28(16)21)17-9-8-15(23(30)31)11-18(17)24/h8-9,11-14,30-31H,3-7,10H2,1-2H3. The highest BCUT2D eigenvalue weighted by atomic mass is 19.1. The molecule has 7 nitrogen and oxygen atoms in total. The summed E-state index contributed by atoms with van der Waals surface area (Å²) < 4.78 is 16.2. The summed E-state index contributed by atoms with van der Waals surface area (Å²) in [6, 6.07) is 7.57. The van der Waals surface area contributed by atoms with Crippen molar-refractivity contribution < 1.29 is 19.2 Å². The number of fused-ring (bicyclic) bond motifs is 1. The van der Waals surface area contributed by atoms with E-state index in [1.807, 2.05) is 11.8 Å². The van der Waals surface area contributed by atoms with Crippen molar-refractivity contribution in [2.45, 2.75) is 52.0 Å². The third kappa shape index (κ3) is 4.20. The Hall–Kier alpha value is -2.78. The fraction of sp³-hybridized carbons (Fsp3) is 0.409. The third-order valence-corrected chi connectivity index (χ3v) is 5.96. The molecular formula is C22H26BFN4O3. The van der Waals surface area contributed by atoms with Crippen LogP contribution < -0.4 is 5.46 Å². The number of nitrogens with zero attached hydrogens (tertiary/aromatic N) is 4. The summed E-state index contributed by atoms with van der Waals surface area (Å²) in [5.74, 6) is -0.691. The Labute approximate surface area is 180 Å². The first kappa shape index (κ1) is 21.5. The molecule has 0 spiro atoms. The fourth-order valence-corrected chi connectivity index (χ4v) is 4.15. The van der Waals surface area contributed by atoms with Gasteiger partial charge in [0.25, 0.3) is 5.91 Å². The van der Waals surface area contributed by atoms with Crippen LogP contribution in [0.1, 0.15) is 55.7 Å². The maximum Gasteiger partial charge on any atom is 0.488 e. The minimum Gasteiger partial charge on any atom is -0.423 e. The van der Waals surface area contributed by atoms with Crippen molar-refractivity contribution in [2.24, 2.45) is 0 Å². The van der Waals surface area contributed by atoms with Gasteiger partial charge in [-0.05, 0) is 43.8 Å².